The maximum atomic E-state index is 12.8. The second-order valence-corrected chi connectivity index (χ2v) is 7.18. The van der Waals surface area contributed by atoms with Crippen molar-refractivity contribution in [3.8, 4) is 6.07 Å². The lowest BCUT2D eigenvalue weighted by Gasteiger charge is -2.44. The molecule has 0 spiro atoms. The molecule has 1 saturated carbocycles. The van der Waals surface area contributed by atoms with Crippen LogP contribution in [-0.4, -0.2) is 29.7 Å². The number of nitrogens with zero attached hydrogens (tertiary/aromatic N) is 2. The lowest BCUT2D eigenvalue weighted by atomic mass is 9.78. The van der Waals surface area contributed by atoms with Gasteiger partial charge in [0.25, 0.3) is 5.91 Å². The van der Waals surface area contributed by atoms with Crippen LogP contribution in [0.1, 0.15) is 59.7 Å². The summed E-state index contributed by atoms with van der Waals surface area (Å²) in [6.45, 7) is 0.834. The van der Waals surface area contributed by atoms with E-state index in [-0.39, 0.29) is 5.91 Å². The molecule has 2 aliphatic rings. The van der Waals surface area contributed by atoms with Crippen LogP contribution in [-0.2, 0) is 4.79 Å². The maximum absolute atomic E-state index is 12.8. The Hall–Kier alpha value is -1.67. The quantitative estimate of drug-likeness (QED) is 0.803. The summed E-state index contributed by atoms with van der Waals surface area (Å²) >= 11 is 1.33. The predicted molar refractivity (Wildman–Crippen MR) is 84.8 cm³/mol. The summed E-state index contributed by atoms with van der Waals surface area (Å²) in [5.41, 5.74) is 0.633. The van der Waals surface area contributed by atoms with Gasteiger partial charge in [-0.3, -0.25) is 4.79 Å². The molecular formula is C17H20N2O2S. The molecule has 22 heavy (non-hydrogen) atoms. The molecule has 5 heteroatoms. The van der Waals surface area contributed by atoms with Gasteiger partial charge in [0.2, 0.25) is 0 Å². The topological polar surface area (TPSA) is 61.2 Å². The van der Waals surface area contributed by atoms with Crippen LogP contribution >= 0.6 is 11.3 Å². The number of rotatable bonds is 3. The molecule has 0 aromatic carbocycles. The molecule has 4 nitrogen and oxygen atoms in total. The van der Waals surface area contributed by atoms with E-state index in [2.05, 4.69) is 0 Å². The number of aldehydes is 1. The molecule has 1 aliphatic heterocycles. The van der Waals surface area contributed by atoms with Gasteiger partial charge >= 0.3 is 0 Å². The van der Waals surface area contributed by atoms with Crippen molar-refractivity contribution in [1.82, 2.24) is 4.90 Å². The molecule has 1 amide bonds. The normalized spacial score (nSPS) is 25.9. The fraction of sp³-hybridized carbons (Fsp3) is 0.588. The number of amides is 1. The number of hydrogen-bond acceptors (Lipinski definition) is 4. The summed E-state index contributed by atoms with van der Waals surface area (Å²) in [4.78, 5) is 26.4. The minimum Gasteiger partial charge on any atom is -0.335 e. The molecule has 3 rings (SSSR count). The molecule has 1 aliphatic carbocycles. The van der Waals surface area contributed by atoms with Crippen LogP contribution in [0.3, 0.4) is 0 Å². The highest BCUT2D eigenvalue weighted by Gasteiger charge is 2.36. The Morgan fingerprint density at radius 3 is 2.91 bits per heavy atom. The third-order valence-electron chi connectivity index (χ3n) is 4.95. The molecule has 3 unspecified atom stereocenters. The van der Waals surface area contributed by atoms with Gasteiger partial charge < -0.3 is 9.69 Å². The number of carbonyl (C=O) groups excluding carboxylic acids is 2. The van der Waals surface area contributed by atoms with Gasteiger partial charge in [0.05, 0.1) is 11.6 Å². The van der Waals surface area contributed by atoms with Crippen LogP contribution in [0.2, 0.25) is 0 Å². The number of likely N-dealkylation sites (tertiary alicyclic amines) is 1. The zero-order chi connectivity index (χ0) is 15.5. The first-order chi connectivity index (χ1) is 10.7. The van der Waals surface area contributed by atoms with Crippen molar-refractivity contribution >= 4 is 23.5 Å². The zero-order valence-corrected chi connectivity index (χ0v) is 13.3. The fourth-order valence-corrected chi connectivity index (χ4v) is 4.71. The van der Waals surface area contributed by atoms with Crippen LogP contribution in [0.4, 0.5) is 0 Å². The van der Waals surface area contributed by atoms with Gasteiger partial charge in [-0.05, 0) is 37.7 Å². The number of nitriles is 1. The van der Waals surface area contributed by atoms with E-state index in [1.807, 2.05) is 11.0 Å². The van der Waals surface area contributed by atoms with E-state index in [9.17, 15) is 9.59 Å². The summed E-state index contributed by atoms with van der Waals surface area (Å²) in [6.07, 6.45) is 7.81. The van der Waals surface area contributed by atoms with Crippen molar-refractivity contribution in [2.45, 2.75) is 50.5 Å². The minimum atomic E-state index is -0.754. The Labute approximate surface area is 134 Å². The number of carbonyl (C=O) groups is 2. The Kier molecular flexibility index (Phi) is 4.58. The molecule has 1 saturated heterocycles. The molecule has 1 aromatic rings. The van der Waals surface area contributed by atoms with Crippen LogP contribution < -0.4 is 0 Å². The first-order valence-corrected chi connectivity index (χ1v) is 8.87. The monoisotopic (exact) mass is 316 g/mol. The van der Waals surface area contributed by atoms with E-state index < -0.39 is 5.92 Å². The zero-order valence-electron chi connectivity index (χ0n) is 12.5. The lowest BCUT2D eigenvalue weighted by Crippen LogP contribution is -2.49. The average Bonchev–Trinajstić information content (AvgIpc) is 3.05. The van der Waals surface area contributed by atoms with E-state index in [0.29, 0.717) is 28.7 Å². The summed E-state index contributed by atoms with van der Waals surface area (Å²) in [5.74, 6) is -0.0246. The Morgan fingerprint density at radius 2 is 2.14 bits per heavy atom. The molecule has 116 valence electrons. The molecule has 0 radical (unpaired) electrons. The second kappa shape index (κ2) is 6.62. The van der Waals surface area contributed by atoms with E-state index in [1.165, 1.54) is 37.0 Å². The number of fused-ring (bicyclic) bond motifs is 1. The van der Waals surface area contributed by atoms with Gasteiger partial charge in [0.1, 0.15) is 12.2 Å². The Bertz CT molecular complexity index is 602. The third-order valence-corrected chi connectivity index (χ3v) is 5.97. The van der Waals surface area contributed by atoms with Crippen LogP contribution in [0.25, 0.3) is 0 Å². The summed E-state index contributed by atoms with van der Waals surface area (Å²) in [6, 6.07) is 4.07. The molecule has 0 bridgehead atoms. The molecule has 2 heterocycles. The van der Waals surface area contributed by atoms with Crippen molar-refractivity contribution in [2.24, 2.45) is 5.92 Å². The smallest absolute Gasteiger partial charge is 0.254 e. The molecule has 1 aromatic heterocycles. The van der Waals surface area contributed by atoms with Gasteiger partial charge in [-0.15, -0.1) is 11.3 Å². The van der Waals surface area contributed by atoms with Crippen molar-refractivity contribution in [1.29, 1.82) is 5.26 Å². The van der Waals surface area contributed by atoms with E-state index >= 15 is 0 Å². The Balaban J connectivity index is 1.78. The number of hydrogen-bond donors (Lipinski definition) is 0. The second-order valence-electron chi connectivity index (χ2n) is 6.23. The summed E-state index contributed by atoms with van der Waals surface area (Å²) in [5, 5.41) is 10.8. The van der Waals surface area contributed by atoms with Crippen LogP contribution in [0.15, 0.2) is 11.4 Å². The fourth-order valence-electron chi connectivity index (χ4n) is 3.83. The predicted octanol–water partition coefficient (Wildman–Crippen LogP) is 3.35. The first-order valence-electron chi connectivity index (χ1n) is 7.99. The highest BCUT2D eigenvalue weighted by Crippen LogP contribution is 2.36. The van der Waals surface area contributed by atoms with Crippen LogP contribution in [0, 0.1) is 17.2 Å². The van der Waals surface area contributed by atoms with Gasteiger partial charge in [-0.1, -0.05) is 12.8 Å². The molecular weight excluding hydrogens is 296 g/mol. The molecule has 3 atom stereocenters. The molecule has 2 fully saturated rings. The number of thiophene rings is 1. The highest BCUT2D eigenvalue weighted by molar-refractivity contribution is 7.10. The largest absolute Gasteiger partial charge is 0.335 e. The van der Waals surface area contributed by atoms with Gasteiger partial charge in [0, 0.05) is 22.8 Å². The molecule has 0 N–H and O–H groups in total. The van der Waals surface area contributed by atoms with Gasteiger partial charge in [-0.25, -0.2) is 0 Å². The average molecular weight is 316 g/mol. The van der Waals surface area contributed by atoms with E-state index in [0.717, 1.165) is 19.4 Å². The summed E-state index contributed by atoms with van der Waals surface area (Å²) in [7, 11) is 0. The lowest BCUT2D eigenvalue weighted by molar-refractivity contribution is -0.108. The minimum absolute atomic E-state index is 0.0710. The van der Waals surface area contributed by atoms with E-state index in [4.69, 9.17) is 5.26 Å². The first kappa shape index (κ1) is 15.2. The van der Waals surface area contributed by atoms with Crippen molar-refractivity contribution in [2.75, 3.05) is 6.54 Å². The standard InChI is InChI=1S/C17H20N2O2S/c18-9-14(10-20)16-8-13(11-22-16)17(21)19-7-3-5-12-4-1-2-6-15(12)19/h8,10-12,14-15H,1-7H2. The number of piperidine rings is 1. The van der Waals surface area contributed by atoms with E-state index in [1.54, 1.807) is 11.4 Å². The summed E-state index contributed by atoms with van der Waals surface area (Å²) < 4.78 is 0. The van der Waals surface area contributed by atoms with Gasteiger partial charge in [-0.2, -0.15) is 5.26 Å². The van der Waals surface area contributed by atoms with Crippen molar-refractivity contribution in [3.05, 3.63) is 21.9 Å². The van der Waals surface area contributed by atoms with Crippen molar-refractivity contribution in [3.63, 3.8) is 0 Å². The maximum Gasteiger partial charge on any atom is 0.254 e. The Morgan fingerprint density at radius 1 is 1.36 bits per heavy atom. The highest BCUT2D eigenvalue weighted by atomic mass is 32.1. The SMILES string of the molecule is N#CC(C=O)c1cc(C(=O)N2CCCC3CCCCC32)cs1. The van der Waals surface area contributed by atoms with Gasteiger partial charge in [0.15, 0.2) is 0 Å². The third kappa shape index (κ3) is 2.80. The van der Waals surface area contributed by atoms with Crippen molar-refractivity contribution < 1.29 is 9.59 Å². The van der Waals surface area contributed by atoms with Crippen LogP contribution in [0.5, 0.6) is 0 Å².